The monoisotopic (exact) mass is 447 g/mol. The molecule has 2 amide bonds. The number of nitro benzene ring substituents is 1. The topological polar surface area (TPSA) is 139 Å². The second kappa shape index (κ2) is 9.31. The molecule has 0 unspecified atom stereocenters. The second-order valence-electron chi connectivity index (χ2n) is 7.14. The molecule has 0 aromatic heterocycles. The van der Waals surface area contributed by atoms with Gasteiger partial charge in [0.05, 0.1) is 23.0 Å². The quantitative estimate of drug-likeness (QED) is 0.266. The summed E-state index contributed by atoms with van der Waals surface area (Å²) in [6.07, 6.45) is 0.979. The SMILES string of the molecule is CC(=O)NC=CSC1=C(C(=O)OCc2ccc([N+](=O)[O-])cc2)N2C(=O)[C@H]([C@@H](C)O)[C@H]2C1. The summed E-state index contributed by atoms with van der Waals surface area (Å²) in [5.74, 6) is -1.87. The number of non-ortho nitro benzene ring substituents is 1. The van der Waals surface area contributed by atoms with Gasteiger partial charge in [-0.05, 0) is 30.0 Å². The van der Waals surface area contributed by atoms with Gasteiger partial charge in [-0.2, -0.15) is 0 Å². The van der Waals surface area contributed by atoms with Gasteiger partial charge in [0.15, 0.2) is 0 Å². The molecule has 1 aromatic carbocycles. The van der Waals surface area contributed by atoms with E-state index in [4.69, 9.17) is 4.74 Å². The lowest BCUT2D eigenvalue weighted by atomic mass is 9.83. The Morgan fingerprint density at radius 2 is 2.10 bits per heavy atom. The zero-order chi connectivity index (χ0) is 22.7. The van der Waals surface area contributed by atoms with Crippen molar-refractivity contribution < 1.29 is 29.2 Å². The van der Waals surface area contributed by atoms with Crippen molar-refractivity contribution >= 4 is 35.2 Å². The number of fused-ring (bicyclic) bond motifs is 1. The van der Waals surface area contributed by atoms with Gasteiger partial charge in [-0.15, -0.1) is 0 Å². The lowest BCUT2D eigenvalue weighted by molar-refractivity contribution is -0.384. The van der Waals surface area contributed by atoms with Crippen molar-refractivity contribution in [2.75, 3.05) is 0 Å². The summed E-state index contributed by atoms with van der Waals surface area (Å²) >= 11 is 1.19. The van der Waals surface area contributed by atoms with Crippen LogP contribution in [0.1, 0.15) is 25.8 Å². The molecule has 1 aromatic rings. The molecular formula is C20H21N3O7S. The van der Waals surface area contributed by atoms with Crippen LogP contribution in [-0.2, 0) is 25.7 Å². The Bertz CT molecular complexity index is 971. The number of aliphatic hydroxyl groups is 1. The Balaban J connectivity index is 1.74. The lowest BCUT2D eigenvalue weighted by Crippen LogP contribution is -2.61. The molecule has 2 aliphatic rings. The molecule has 0 saturated carbocycles. The predicted octanol–water partition coefficient (Wildman–Crippen LogP) is 1.80. The van der Waals surface area contributed by atoms with Crippen molar-refractivity contribution in [2.24, 2.45) is 5.92 Å². The van der Waals surface area contributed by atoms with Crippen LogP contribution < -0.4 is 5.32 Å². The van der Waals surface area contributed by atoms with E-state index >= 15 is 0 Å². The van der Waals surface area contributed by atoms with Gasteiger partial charge in [-0.1, -0.05) is 11.8 Å². The number of ether oxygens (including phenoxy) is 1. The van der Waals surface area contributed by atoms with E-state index in [0.717, 1.165) is 0 Å². The van der Waals surface area contributed by atoms with Crippen LogP contribution in [0, 0.1) is 16.0 Å². The second-order valence-corrected chi connectivity index (χ2v) is 8.14. The minimum atomic E-state index is -0.842. The highest BCUT2D eigenvalue weighted by atomic mass is 32.2. The highest BCUT2D eigenvalue weighted by Crippen LogP contribution is 2.47. The Labute approximate surface area is 182 Å². The minimum Gasteiger partial charge on any atom is -0.456 e. The van der Waals surface area contributed by atoms with Gasteiger partial charge in [-0.3, -0.25) is 19.7 Å². The molecule has 3 atom stereocenters. The number of carbonyl (C=O) groups excluding carboxylic acids is 3. The van der Waals surface area contributed by atoms with Gasteiger partial charge in [0.25, 0.3) is 5.69 Å². The molecule has 0 bridgehead atoms. The summed E-state index contributed by atoms with van der Waals surface area (Å²) in [7, 11) is 0. The van der Waals surface area contributed by atoms with E-state index < -0.39 is 22.9 Å². The van der Waals surface area contributed by atoms with Gasteiger partial charge >= 0.3 is 5.97 Å². The van der Waals surface area contributed by atoms with E-state index in [0.29, 0.717) is 16.9 Å². The Morgan fingerprint density at radius 1 is 1.42 bits per heavy atom. The summed E-state index contributed by atoms with van der Waals surface area (Å²) in [5, 5.41) is 24.7. The van der Waals surface area contributed by atoms with Crippen molar-refractivity contribution in [1.29, 1.82) is 0 Å². The van der Waals surface area contributed by atoms with Crippen molar-refractivity contribution in [3.8, 4) is 0 Å². The van der Waals surface area contributed by atoms with Gasteiger partial charge in [-0.25, -0.2) is 4.79 Å². The third-order valence-corrected chi connectivity index (χ3v) is 5.88. The number of rotatable bonds is 8. The maximum atomic E-state index is 12.8. The zero-order valence-electron chi connectivity index (χ0n) is 16.8. The summed E-state index contributed by atoms with van der Waals surface area (Å²) in [6.45, 7) is 2.78. The predicted molar refractivity (Wildman–Crippen MR) is 111 cm³/mol. The number of thioether (sulfide) groups is 1. The van der Waals surface area contributed by atoms with Crippen LogP contribution in [0.15, 0.2) is 46.5 Å². The number of carbonyl (C=O) groups is 3. The molecule has 164 valence electrons. The first-order chi connectivity index (χ1) is 14.7. The number of β-lactam (4-membered cyclic amide) rings is 1. The molecule has 11 heteroatoms. The number of benzene rings is 1. The van der Waals surface area contributed by atoms with E-state index in [2.05, 4.69) is 5.32 Å². The number of esters is 1. The molecule has 2 heterocycles. The summed E-state index contributed by atoms with van der Waals surface area (Å²) in [4.78, 5) is 48.5. The first kappa shape index (κ1) is 22.5. The fourth-order valence-corrected chi connectivity index (χ4v) is 4.39. The molecule has 1 fully saturated rings. The third-order valence-electron chi connectivity index (χ3n) is 4.96. The molecule has 1 saturated heterocycles. The maximum Gasteiger partial charge on any atom is 0.356 e. The number of amides is 2. The number of nitrogens with one attached hydrogen (secondary N) is 1. The molecule has 2 N–H and O–H groups in total. The van der Waals surface area contributed by atoms with Crippen LogP contribution >= 0.6 is 11.8 Å². The molecular weight excluding hydrogens is 426 g/mol. The van der Waals surface area contributed by atoms with Crippen LogP contribution in [-0.4, -0.2) is 44.9 Å². The normalized spacial score (nSPS) is 21.0. The fourth-order valence-electron chi connectivity index (χ4n) is 3.52. The standard InChI is InChI=1S/C20H21N3O7S/c1-11(24)17-15-9-16(31-8-7-21-12(2)25)18(22(15)19(17)26)20(27)30-10-13-3-5-14(6-4-13)23(28)29/h3-8,11,15,17,24H,9-10H2,1-2H3,(H,21,25)/t11-,15-,17-/m1/s1. The van der Waals surface area contributed by atoms with E-state index in [1.807, 2.05) is 0 Å². The highest BCUT2D eigenvalue weighted by molar-refractivity contribution is 8.05. The number of hydrogen-bond acceptors (Lipinski definition) is 8. The van der Waals surface area contributed by atoms with Gasteiger partial charge in [0, 0.05) is 36.6 Å². The number of nitrogens with zero attached hydrogens (tertiary/aromatic N) is 2. The first-order valence-corrected chi connectivity index (χ1v) is 10.3. The van der Waals surface area contributed by atoms with Crippen LogP contribution in [0.5, 0.6) is 0 Å². The highest BCUT2D eigenvalue weighted by Gasteiger charge is 2.56. The Hall–Kier alpha value is -3.18. The molecule has 31 heavy (non-hydrogen) atoms. The zero-order valence-corrected chi connectivity index (χ0v) is 17.6. The number of aliphatic hydroxyl groups excluding tert-OH is 1. The summed E-state index contributed by atoms with van der Waals surface area (Å²) in [5.41, 5.74) is 0.605. The Kier molecular flexibility index (Phi) is 6.76. The van der Waals surface area contributed by atoms with Crippen molar-refractivity contribution in [3.05, 3.63) is 62.2 Å². The molecule has 0 spiro atoms. The first-order valence-electron chi connectivity index (χ1n) is 9.44. The molecule has 2 aliphatic heterocycles. The largest absolute Gasteiger partial charge is 0.456 e. The van der Waals surface area contributed by atoms with Crippen molar-refractivity contribution in [1.82, 2.24) is 10.2 Å². The lowest BCUT2D eigenvalue weighted by Gasteiger charge is -2.44. The van der Waals surface area contributed by atoms with E-state index in [1.54, 1.807) is 5.41 Å². The van der Waals surface area contributed by atoms with Crippen LogP contribution in [0.3, 0.4) is 0 Å². The summed E-state index contributed by atoms with van der Waals surface area (Å²) < 4.78 is 5.35. The molecule has 0 radical (unpaired) electrons. The van der Waals surface area contributed by atoms with E-state index in [-0.39, 0.29) is 35.8 Å². The van der Waals surface area contributed by atoms with Gasteiger partial charge in [0.1, 0.15) is 12.3 Å². The third kappa shape index (κ3) is 4.78. The van der Waals surface area contributed by atoms with Crippen LogP contribution in [0.25, 0.3) is 0 Å². The molecule has 10 nitrogen and oxygen atoms in total. The molecule has 0 aliphatic carbocycles. The van der Waals surface area contributed by atoms with Gasteiger partial charge < -0.3 is 20.1 Å². The van der Waals surface area contributed by atoms with Crippen LogP contribution in [0.2, 0.25) is 0 Å². The Morgan fingerprint density at radius 3 is 2.68 bits per heavy atom. The molecule has 3 rings (SSSR count). The van der Waals surface area contributed by atoms with E-state index in [9.17, 15) is 29.6 Å². The average molecular weight is 447 g/mol. The average Bonchev–Trinajstić information content (AvgIpc) is 3.03. The number of hydrogen-bond donors (Lipinski definition) is 2. The van der Waals surface area contributed by atoms with E-state index in [1.165, 1.54) is 61.0 Å². The minimum absolute atomic E-state index is 0.0728. The summed E-state index contributed by atoms with van der Waals surface area (Å²) in [6, 6.07) is 5.27. The van der Waals surface area contributed by atoms with Crippen molar-refractivity contribution in [3.63, 3.8) is 0 Å². The fraction of sp³-hybridized carbons (Fsp3) is 0.350. The van der Waals surface area contributed by atoms with Crippen LogP contribution in [0.4, 0.5) is 5.69 Å². The number of nitro groups is 1. The van der Waals surface area contributed by atoms with Gasteiger partial charge in [0.2, 0.25) is 11.8 Å². The van der Waals surface area contributed by atoms with Crippen molar-refractivity contribution in [2.45, 2.75) is 39.0 Å². The smallest absolute Gasteiger partial charge is 0.356 e. The maximum absolute atomic E-state index is 12.8.